The molecular formula is C27H37N3O8. The number of alkyl carbamates (subject to hydrolysis) is 1. The lowest BCUT2D eigenvalue weighted by Gasteiger charge is -2.27. The number of likely N-dealkylation sites (tertiary alicyclic amines) is 2. The Morgan fingerprint density at radius 2 is 1.29 bits per heavy atom. The second-order valence-corrected chi connectivity index (χ2v) is 9.45. The molecule has 2 fully saturated rings. The minimum Gasteiger partial charge on any atom is -0.456 e. The van der Waals surface area contributed by atoms with E-state index in [9.17, 15) is 24.0 Å². The van der Waals surface area contributed by atoms with E-state index in [1.807, 2.05) is 6.07 Å². The summed E-state index contributed by atoms with van der Waals surface area (Å²) in [4.78, 5) is 65.3. The molecule has 2 saturated heterocycles. The summed E-state index contributed by atoms with van der Waals surface area (Å²) < 4.78 is 15.5. The van der Waals surface area contributed by atoms with E-state index in [0.29, 0.717) is 26.2 Å². The van der Waals surface area contributed by atoms with Crippen molar-refractivity contribution in [2.45, 2.75) is 64.0 Å². The van der Waals surface area contributed by atoms with Crippen molar-refractivity contribution in [3.8, 4) is 0 Å². The lowest BCUT2D eigenvalue weighted by molar-refractivity contribution is -0.155. The molecule has 2 aliphatic heterocycles. The van der Waals surface area contributed by atoms with Crippen molar-refractivity contribution < 1.29 is 38.2 Å². The quantitative estimate of drug-likeness (QED) is 0.340. The Morgan fingerprint density at radius 3 is 1.87 bits per heavy atom. The van der Waals surface area contributed by atoms with E-state index in [4.69, 9.17) is 14.2 Å². The lowest BCUT2D eigenvalue weighted by atomic mass is 10.1. The highest BCUT2D eigenvalue weighted by Crippen LogP contribution is 2.11. The van der Waals surface area contributed by atoms with Gasteiger partial charge in [-0.3, -0.25) is 14.4 Å². The summed E-state index contributed by atoms with van der Waals surface area (Å²) in [5.74, 6) is -2.10. The highest BCUT2D eigenvalue weighted by Gasteiger charge is 2.27. The zero-order valence-electron chi connectivity index (χ0n) is 21.7. The number of carbonyl (C=O) groups is 5. The van der Waals surface area contributed by atoms with Crippen LogP contribution in [0.3, 0.4) is 0 Å². The van der Waals surface area contributed by atoms with Gasteiger partial charge in [0.15, 0.2) is 13.2 Å². The smallest absolute Gasteiger partial charge is 0.408 e. The van der Waals surface area contributed by atoms with E-state index < -0.39 is 30.7 Å². The molecule has 0 bridgehead atoms. The summed E-state index contributed by atoms with van der Waals surface area (Å²) in [5, 5.41) is 2.42. The minimum atomic E-state index is -1.24. The number of hydrogen-bond donors (Lipinski definition) is 1. The molecule has 2 aliphatic rings. The van der Waals surface area contributed by atoms with Crippen molar-refractivity contribution in [1.82, 2.24) is 15.1 Å². The van der Waals surface area contributed by atoms with Crippen LogP contribution < -0.4 is 5.32 Å². The van der Waals surface area contributed by atoms with Crippen LogP contribution >= 0.6 is 0 Å². The van der Waals surface area contributed by atoms with E-state index in [-0.39, 0.29) is 37.9 Å². The highest BCUT2D eigenvalue weighted by atomic mass is 16.6. The Balaban J connectivity index is 1.49. The van der Waals surface area contributed by atoms with Crippen molar-refractivity contribution in [1.29, 1.82) is 0 Å². The maximum absolute atomic E-state index is 12.7. The Kier molecular flexibility index (Phi) is 11.9. The van der Waals surface area contributed by atoms with Gasteiger partial charge in [-0.15, -0.1) is 0 Å². The topological polar surface area (TPSA) is 132 Å². The molecule has 0 aliphatic carbocycles. The number of ether oxygens (including phenoxy) is 3. The van der Waals surface area contributed by atoms with Crippen molar-refractivity contribution in [2.75, 3.05) is 39.4 Å². The molecule has 38 heavy (non-hydrogen) atoms. The van der Waals surface area contributed by atoms with E-state index in [0.717, 1.165) is 44.1 Å². The summed E-state index contributed by atoms with van der Waals surface area (Å²) >= 11 is 0. The standard InChI is InChI=1S/C27H37N3O8/c31-23(29-14-6-2-7-15-29)19-36-25(33)13-12-22(28-27(35)38-18-21-10-4-1-5-11-21)26(34)37-20-24(32)30-16-8-3-9-17-30/h1,4-5,10-11,22H,2-3,6-9,12-20H2,(H,28,35)/t22-/m1/s1. The highest BCUT2D eigenvalue weighted by molar-refractivity contribution is 5.85. The van der Waals surface area contributed by atoms with Gasteiger partial charge in [0, 0.05) is 32.6 Å². The predicted octanol–water partition coefficient (Wildman–Crippen LogP) is 2.17. The van der Waals surface area contributed by atoms with Gasteiger partial charge in [-0.1, -0.05) is 30.3 Å². The number of rotatable bonds is 11. The minimum absolute atomic E-state index is 0.0114. The fourth-order valence-corrected chi connectivity index (χ4v) is 4.34. The molecule has 1 atom stereocenters. The van der Waals surface area contributed by atoms with E-state index in [2.05, 4.69) is 5.32 Å². The van der Waals surface area contributed by atoms with Crippen LogP contribution in [-0.2, 0) is 40.0 Å². The summed E-state index contributed by atoms with van der Waals surface area (Å²) in [6, 6.07) is 7.77. The monoisotopic (exact) mass is 531 g/mol. The van der Waals surface area contributed by atoms with Crippen molar-refractivity contribution in [3.63, 3.8) is 0 Å². The molecule has 0 radical (unpaired) electrons. The number of hydrogen-bond acceptors (Lipinski definition) is 8. The average Bonchev–Trinajstić information content (AvgIpc) is 2.96. The molecule has 3 rings (SSSR count). The van der Waals surface area contributed by atoms with Crippen LogP contribution in [0, 0.1) is 0 Å². The molecule has 0 spiro atoms. The van der Waals surface area contributed by atoms with Gasteiger partial charge in [-0.05, 0) is 50.5 Å². The summed E-state index contributed by atoms with van der Waals surface area (Å²) in [5.41, 5.74) is 0.760. The molecule has 1 aromatic carbocycles. The Morgan fingerprint density at radius 1 is 0.737 bits per heavy atom. The molecular weight excluding hydrogens is 494 g/mol. The Labute approximate surface area is 222 Å². The van der Waals surface area contributed by atoms with Gasteiger partial charge in [-0.2, -0.15) is 0 Å². The van der Waals surface area contributed by atoms with Crippen molar-refractivity contribution in [3.05, 3.63) is 35.9 Å². The van der Waals surface area contributed by atoms with E-state index >= 15 is 0 Å². The van der Waals surface area contributed by atoms with Gasteiger partial charge >= 0.3 is 18.0 Å². The molecule has 2 heterocycles. The Hall–Kier alpha value is -3.63. The van der Waals surface area contributed by atoms with Crippen LogP contribution in [0.25, 0.3) is 0 Å². The van der Waals surface area contributed by atoms with Gasteiger partial charge in [0.1, 0.15) is 12.6 Å². The third-order valence-electron chi connectivity index (χ3n) is 6.54. The third kappa shape index (κ3) is 10.0. The first-order valence-corrected chi connectivity index (χ1v) is 13.3. The van der Waals surface area contributed by atoms with Crippen LogP contribution in [0.4, 0.5) is 4.79 Å². The molecule has 0 aromatic heterocycles. The molecule has 1 N–H and O–H groups in total. The molecule has 1 aromatic rings. The van der Waals surface area contributed by atoms with Crippen LogP contribution in [0.1, 0.15) is 56.9 Å². The number of nitrogens with zero attached hydrogens (tertiary/aromatic N) is 2. The average molecular weight is 532 g/mol. The molecule has 3 amide bonds. The third-order valence-corrected chi connectivity index (χ3v) is 6.54. The largest absolute Gasteiger partial charge is 0.456 e. The summed E-state index contributed by atoms with van der Waals surface area (Å²) in [6.07, 6.45) is 4.53. The fraction of sp³-hybridized carbons (Fsp3) is 0.593. The van der Waals surface area contributed by atoms with Gasteiger partial charge in [0.05, 0.1) is 0 Å². The van der Waals surface area contributed by atoms with E-state index in [1.54, 1.807) is 34.1 Å². The summed E-state index contributed by atoms with van der Waals surface area (Å²) in [7, 11) is 0. The number of amides is 3. The first kappa shape index (κ1) is 28.9. The molecule has 208 valence electrons. The first-order valence-electron chi connectivity index (χ1n) is 13.3. The summed E-state index contributed by atoms with van der Waals surface area (Å²) in [6.45, 7) is 1.70. The van der Waals surface area contributed by atoms with Gasteiger partial charge in [-0.25, -0.2) is 9.59 Å². The van der Waals surface area contributed by atoms with Crippen LogP contribution in [0.5, 0.6) is 0 Å². The first-order chi connectivity index (χ1) is 18.4. The number of piperidine rings is 2. The maximum atomic E-state index is 12.7. The lowest BCUT2D eigenvalue weighted by Crippen LogP contribution is -2.44. The molecule has 11 heteroatoms. The SMILES string of the molecule is O=C(CC[C@@H](NC(=O)OCc1ccccc1)C(=O)OCC(=O)N1CCCCC1)OCC(=O)N1CCCCC1. The maximum Gasteiger partial charge on any atom is 0.408 e. The van der Waals surface area contributed by atoms with Gasteiger partial charge < -0.3 is 29.3 Å². The second-order valence-electron chi connectivity index (χ2n) is 9.45. The van der Waals surface area contributed by atoms with E-state index in [1.165, 1.54) is 0 Å². The predicted molar refractivity (Wildman–Crippen MR) is 136 cm³/mol. The number of nitrogens with one attached hydrogen (secondary N) is 1. The Bertz CT molecular complexity index is 943. The molecule has 11 nitrogen and oxygen atoms in total. The van der Waals surface area contributed by atoms with Gasteiger partial charge in [0.25, 0.3) is 11.8 Å². The molecule has 0 unspecified atom stereocenters. The normalized spacial score (nSPS) is 16.2. The van der Waals surface area contributed by atoms with Crippen molar-refractivity contribution >= 4 is 29.8 Å². The van der Waals surface area contributed by atoms with Gasteiger partial charge in [0.2, 0.25) is 0 Å². The second kappa shape index (κ2) is 15.6. The van der Waals surface area contributed by atoms with Crippen LogP contribution in [0.2, 0.25) is 0 Å². The number of esters is 2. The zero-order valence-corrected chi connectivity index (χ0v) is 21.7. The number of benzene rings is 1. The molecule has 0 saturated carbocycles. The number of carbonyl (C=O) groups excluding carboxylic acids is 5. The fourth-order valence-electron chi connectivity index (χ4n) is 4.34. The van der Waals surface area contributed by atoms with Crippen molar-refractivity contribution in [2.24, 2.45) is 0 Å². The zero-order chi connectivity index (χ0) is 27.2. The van der Waals surface area contributed by atoms with Crippen LogP contribution in [0.15, 0.2) is 30.3 Å². The van der Waals surface area contributed by atoms with Crippen LogP contribution in [-0.4, -0.2) is 85.1 Å².